The van der Waals surface area contributed by atoms with Crippen LogP contribution >= 0.6 is 0 Å². The first-order chi connectivity index (χ1) is 13.2. The molecular formula is C21H29N5O. The van der Waals surface area contributed by atoms with E-state index in [9.17, 15) is 4.79 Å². The molecule has 1 aromatic heterocycles. The lowest BCUT2D eigenvalue weighted by atomic mass is 10.1. The quantitative estimate of drug-likeness (QED) is 0.803. The summed E-state index contributed by atoms with van der Waals surface area (Å²) in [5.41, 5.74) is 2.37. The zero-order valence-corrected chi connectivity index (χ0v) is 16.3. The van der Waals surface area contributed by atoms with Crippen LogP contribution in [-0.2, 0) is 0 Å². The third-order valence-electron chi connectivity index (χ3n) is 4.91. The lowest BCUT2D eigenvalue weighted by Crippen LogP contribution is -2.29. The molecule has 0 radical (unpaired) electrons. The Morgan fingerprint density at radius 1 is 1.15 bits per heavy atom. The lowest BCUT2D eigenvalue weighted by Gasteiger charge is -2.28. The highest BCUT2D eigenvalue weighted by atomic mass is 16.1. The zero-order chi connectivity index (χ0) is 19.1. The lowest BCUT2D eigenvalue weighted by molar-refractivity contribution is 0.102. The van der Waals surface area contributed by atoms with Crippen LogP contribution in [0.1, 0.15) is 49.5 Å². The van der Waals surface area contributed by atoms with Crippen LogP contribution in [0.25, 0.3) is 0 Å². The molecule has 0 unspecified atom stereocenters. The summed E-state index contributed by atoms with van der Waals surface area (Å²) in [7, 11) is 1.95. The van der Waals surface area contributed by atoms with E-state index in [1.54, 1.807) is 12.3 Å². The largest absolute Gasteiger partial charge is 0.372 e. The van der Waals surface area contributed by atoms with Crippen LogP contribution in [0.4, 0.5) is 17.3 Å². The molecule has 1 aliphatic rings. The fraction of sp³-hybridized carbons (Fsp3) is 0.476. The Morgan fingerprint density at radius 2 is 1.89 bits per heavy atom. The van der Waals surface area contributed by atoms with Gasteiger partial charge in [0, 0.05) is 44.3 Å². The first-order valence-corrected chi connectivity index (χ1v) is 9.88. The van der Waals surface area contributed by atoms with Gasteiger partial charge in [-0.25, -0.2) is 9.97 Å². The molecule has 1 amide bonds. The fourth-order valence-electron chi connectivity index (χ4n) is 3.26. The molecule has 2 heterocycles. The number of nitrogens with one attached hydrogen (secondary N) is 1. The van der Waals surface area contributed by atoms with Crippen molar-refractivity contribution >= 4 is 23.2 Å². The molecule has 2 aromatic rings. The molecule has 0 saturated carbocycles. The number of carbonyl (C=O) groups is 1. The minimum atomic E-state index is -0.215. The normalized spacial score (nSPS) is 14.1. The van der Waals surface area contributed by atoms with E-state index < -0.39 is 0 Å². The smallest absolute Gasteiger partial charge is 0.274 e. The van der Waals surface area contributed by atoms with Crippen molar-refractivity contribution < 1.29 is 4.79 Å². The van der Waals surface area contributed by atoms with Crippen molar-refractivity contribution in [2.24, 2.45) is 0 Å². The third-order valence-corrected chi connectivity index (χ3v) is 4.91. The van der Waals surface area contributed by atoms with Gasteiger partial charge in [0.1, 0.15) is 5.69 Å². The molecule has 27 heavy (non-hydrogen) atoms. The summed E-state index contributed by atoms with van der Waals surface area (Å²) in [6.45, 7) is 5.25. The van der Waals surface area contributed by atoms with Crippen LogP contribution < -0.4 is 15.1 Å². The number of piperidine rings is 1. The molecule has 0 spiro atoms. The van der Waals surface area contributed by atoms with E-state index in [1.165, 1.54) is 24.9 Å². The van der Waals surface area contributed by atoms with Crippen LogP contribution in [0.15, 0.2) is 36.5 Å². The van der Waals surface area contributed by atoms with E-state index in [4.69, 9.17) is 0 Å². The first kappa shape index (κ1) is 19.1. The van der Waals surface area contributed by atoms with Crippen LogP contribution in [0, 0.1) is 0 Å². The number of carbonyl (C=O) groups excluding carboxylic acids is 1. The van der Waals surface area contributed by atoms with E-state index in [0.717, 1.165) is 38.2 Å². The molecule has 6 heteroatoms. The molecule has 0 bridgehead atoms. The van der Waals surface area contributed by atoms with E-state index in [2.05, 4.69) is 39.2 Å². The molecular weight excluding hydrogens is 338 g/mol. The van der Waals surface area contributed by atoms with Gasteiger partial charge in [-0.2, -0.15) is 0 Å². The molecule has 0 aliphatic carbocycles. The summed E-state index contributed by atoms with van der Waals surface area (Å²) in [5.74, 6) is 0.366. The number of benzene rings is 1. The van der Waals surface area contributed by atoms with Gasteiger partial charge >= 0.3 is 0 Å². The summed E-state index contributed by atoms with van der Waals surface area (Å²) in [4.78, 5) is 25.6. The SMILES string of the molecule is CCCCN(C)c1nccc(C(=O)Nc2ccc(N3CCCCC3)cc2)n1. The monoisotopic (exact) mass is 367 g/mol. The van der Waals surface area contributed by atoms with Gasteiger partial charge < -0.3 is 15.1 Å². The van der Waals surface area contributed by atoms with Crippen molar-refractivity contribution in [2.75, 3.05) is 41.8 Å². The van der Waals surface area contributed by atoms with E-state index in [0.29, 0.717) is 11.6 Å². The summed E-state index contributed by atoms with van der Waals surface area (Å²) >= 11 is 0. The highest BCUT2D eigenvalue weighted by molar-refractivity contribution is 6.03. The Balaban J connectivity index is 1.63. The van der Waals surface area contributed by atoms with E-state index >= 15 is 0 Å². The predicted octanol–water partition coefficient (Wildman–Crippen LogP) is 3.96. The number of nitrogens with zero attached hydrogens (tertiary/aromatic N) is 4. The van der Waals surface area contributed by atoms with Crippen molar-refractivity contribution in [3.05, 3.63) is 42.2 Å². The Bertz CT molecular complexity index is 740. The van der Waals surface area contributed by atoms with Gasteiger partial charge in [0.05, 0.1) is 0 Å². The van der Waals surface area contributed by atoms with Crippen LogP contribution in [0.5, 0.6) is 0 Å². The van der Waals surface area contributed by atoms with Crippen LogP contribution in [0.3, 0.4) is 0 Å². The predicted molar refractivity (Wildman–Crippen MR) is 111 cm³/mol. The highest BCUT2D eigenvalue weighted by Gasteiger charge is 2.13. The average Bonchev–Trinajstić information content (AvgIpc) is 2.73. The molecule has 144 valence electrons. The highest BCUT2D eigenvalue weighted by Crippen LogP contribution is 2.22. The van der Waals surface area contributed by atoms with E-state index in [-0.39, 0.29) is 5.91 Å². The molecule has 0 atom stereocenters. The molecule has 1 saturated heterocycles. The summed E-state index contributed by atoms with van der Waals surface area (Å²) in [6.07, 6.45) is 7.64. The van der Waals surface area contributed by atoms with Crippen molar-refractivity contribution in [1.29, 1.82) is 0 Å². The van der Waals surface area contributed by atoms with Crippen LogP contribution in [0.2, 0.25) is 0 Å². The van der Waals surface area contributed by atoms with Crippen molar-refractivity contribution in [2.45, 2.75) is 39.0 Å². The second-order valence-corrected chi connectivity index (χ2v) is 7.07. The maximum absolute atomic E-state index is 12.6. The van der Waals surface area contributed by atoms with Crippen molar-refractivity contribution in [1.82, 2.24) is 9.97 Å². The van der Waals surface area contributed by atoms with Gasteiger partial charge in [-0.15, -0.1) is 0 Å². The first-order valence-electron chi connectivity index (χ1n) is 9.88. The Kier molecular flexibility index (Phi) is 6.63. The molecule has 3 rings (SSSR count). The number of aromatic nitrogens is 2. The third kappa shape index (κ3) is 5.18. The van der Waals surface area contributed by atoms with Gasteiger partial charge in [-0.05, 0) is 56.0 Å². The topological polar surface area (TPSA) is 61.4 Å². The summed E-state index contributed by atoms with van der Waals surface area (Å²) in [6, 6.07) is 9.71. The number of rotatable bonds is 7. The molecule has 1 aliphatic heterocycles. The van der Waals surface area contributed by atoms with E-state index in [1.807, 2.05) is 24.1 Å². The average molecular weight is 367 g/mol. The molecule has 6 nitrogen and oxygen atoms in total. The van der Waals surface area contributed by atoms with Crippen LogP contribution in [-0.4, -0.2) is 42.6 Å². The minimum absolute atomic E-state index is 0.215. The summed E-state index contributed by atoms with van der Waals surface area (Å²) < 4.78 is 0. The Labute approximate surface area is 161 Å². The number of anilines is 3. The van der Waals surface area contributed by atoms with Crippen molar-refractivity contribution in [3.8, 4) is 0 Å². The van der Waals surface area contributed by atoms with Gasteiger partial charge in [-0.3, -0.25) is 4.79 Å². The summed E-state index contributed by atoms with van der Waals surface area (Å²) in [5, 5.41) is 2.93. The maximum atomic E-state index is 12.6. The molecule has 1 N–H and O–H groups in total. The number of unbranched alkanes of at least 4 members (excludes halogenated alkanes) is 1. The maximum Gasteiger partial charge on any atom is 0.274 e. The Hall–Kier alpha value is -2.63. The number of hydrogen-bond acceptors (Lipinski definition) is 5. The van der Waals surface area contributed by atoms with Gasteiger partial charge in [0.2, 0.25) is 5.95 Å². The second-order valence-electron chi connectivity index (χ2n) is 7.07. The molecule has 1 aromatic carbocycles. The van der Waals surface area contributed by atoms with Gasteiger partial charge in [0.15, 0.2) is 0 Å². The fourth-order valence-corrected chi connectivity index (χ4v) is 3.26. The minimum Gasteiger partial charge on any atom is -0.372 e. The number of amides is 1. The zero-order valence-electron chi connectivity index (χ0n) is 16.3. The number of hydrogen-bond donors (Lipinski definition) is 1. The molecule has 1 fully saturated rings. The Morgan fingerprint density at radius 3 is 2.59 bits per heavy atom. The van der Waals surface area contributed by atoms with Gasteiger partial charge in [-0.1, -0.05) is 13.3 Å². The standard InChI is InChI=1S/C21H29N5O/c1-3-4-14-25(2)21-22-13-12-19(24-21)20(27)23-17-8-10-18(11-9-17)26-15-6-5-7-16-26/h8-13H,3-7,14-16H2,1-2H3,(H,23,27). The van der Waals surface area contributed by atoms with Crippen molar-refractivity contribution in [3.63, 3.8) is 0 Å². The second kappa shape index (κ2) is 9.35. The van der Waals surface area contributed by atoms with Gasteiger partial charge in [0.25, 0.3) is 5.91 Å².